The van der Waals surface area contributed by atoms with Crippen LogP contribution in [0.15, 0.2) is 47.1 Å². The average molecular weight is 283 g/mol. The van der Waals surface area contributed by atoms with E-state index in [1.54, 1.807) is 16.8 Å². The zero-order chi connectivity index (χ0) is 15.0. The minimum absolute atomic E-state index is 0.143. The molecule has 0 unspecified atom stereocenters. The Balaban J connectivity index is 1.85. The smallest absolute Gasteiger partial charge is 0.331 e. The van der Waals surface area contributed by atoms with Gasteiger partial charge in [0.15, 0.2) is 5.82 Å². The molecule has 0 spiro atoms. The standard InChI is InChI=1S/C16H17N3O2/c1-16(2,3)13-10-14(18-21-13)17-15(20)19-9-8-11-6-4-5-7-12(11)19/h4-10H,1-3H3,(H,17,18,20). The highest BCUT2D eigenvalue weighted by atomic mass is 16.5. The Morgan fingerprint density at radius 3 is 2.71 bits per heavy atom. The lowest BCUT2D eigenvalue weighted by molar-refractivity contribution is 0.254. The maximum absolute atomic E-state index is 12.3. The molecule has 108 valence electrons. The van der Waals surface area contributed by atoms with Crippen molar-refractivity contribution in [1.29, 1.82) is 0 Å². The third kappa shape index (κ3) is 2.54. The predicted octanol–water partition coefficient (Wildman–Crippen LogP) is 4.01. The van der Waals surface area contributed by atoms with E-state index in [0.29, 0.717) is 5.82 Å². The molecule has 0 saturated heterocycles. The van der Waals surface area contributed by atoms with Gasteiger partial charge in [0.25, 0.3) is 0 Å². The van der Waals surface area contributed by atoms with E-state index in [4.69, 9.17) is 4.52 Å². The zero-order valence-corrected chi connectivity index (χ0v) is 12.3. The lowest BCUT2D eigenvalue weighted by Crippen LogP contribution is -2.18. The number of hydrogen-bond donors (Lipinski definition) is 1. The molecule has 0 aliphatic rings. The van der Waals surface area contributed by atoms with Crippen LogP contribution in [0.1, 0.15) is 26.5 Å². The Labute approximate surface area is 122 Å². The van der Waals surface area contributed by atoms with E-state index < -0.39 is 0 Å². The summed E-state index contributed by atoms with van der Waals surface area (Å²) < 4.78 is 6.82. The number of amides is 1. The summed E-state index contributed by atoms with van der Waals surface area (Å²) in [5.41, 5.74) is 0.713. The highest BCUT2D eigenvalue weighted by Crippen LogP contribution is 2.24. The van der Waals surface area contributed by atoms with Crippen molar-refractivity contribution in [2.45, 2.75) is 26.2 Å². The summed E-state index contributed by atoms with van der Waals surface area (Å²) in [6.07, 6.45) is 1.74. The highest BCUT2D eigenvalue weighted by molar-refractivity contribution is 5.97. The first-order valence-electron chi connectivity index (χ1n) is 6.80. The zero-order valence-electron chi connectivity index (χ0n) is 12.3. The van der Waals surface area contributed by atoms with Gasteiger partial charge in [0, 0.05) is 23.1 Å². The molecule has 1 aromatic carbocycles. The van der Waals surface area contributed by atoms with Gasteiger partial charge in [-0.1, -0.05) is 44.1 Å². The van der Waals surface area contributed by atoms with Gasteiger partial charge in [-0.3, -0.25) is 9.88 Å². The number of hydrogen-bond acceptors (Lipinski definition) is 3. The van der Waals surface area contributed by atoms with Crippen molar-refractivity contribution in [3.63, 3.8) is 0 Å². The number of fused-ring (bicyclic) bond motifs is 1. The van der Waals surface area contributed by atoms with Gasteiger partial charge < -0.3 is 4.52 Å². The van der Waals surface area contributed by atoms with Crippen LogP contribution in [0.5, 0.6) is 0 Å². The van der Waals surface area contributed by atoms with E-state index in [-0.39, 0.29) is 11.4 Å². The molecule has 0 bridgehead atoms. The van der Waals surface area contributed by atoms with E-state index in [1.807, 2.05) is 51.1 Å². The second-order valence-corrected chi connectivity index (χ2v) is 6.00. The van der Waals surface area contributed by atoms with Crippen LogP contribution in [0.2, 0.25) is 0 Å². The van der Waals surface area contributed by atoms with Crippen LogP contribution in [-0.4, -0.2) is 15.8 Å². The molecule has 0 aliphatic heterocycles. The number of carbonyl (C=O) groups excluding carboxylic acids is 1. The van der Waals surface area contributed by atoms with E-state index >= 15 is 0 Å². The molecule has 1 amide bonds. The van der Waals surface area contributed by atoms with Crippen LogP contribution >= 0.6 is 0 Å². The van der Waals surface area contributed by atoms with Crippen LogP contribution in [0.3, 0.4) is 0 Å². The third-order valence-electron chi connectivity index (χ3n) is 3.30. The Morgan fingerprint density at radius 2 is 2.00 bits per heavy atom. The fourth-order valence-corrected chi connectivity index (χ4v) is 2.12. The first-order valence-corrected chi connectivity index (χ1v) is 6.80. The normalized spacial score (nSPS) is 11.8. The van der Waals surface area contributed by atoms with E-state index in [9.17, 15) is 4.79 Å². The van der Waals surface area contributed by atoms with Crippen LogP contribution in [0, 0.1) is 0 Å². The van der Waals surface area contributed by atoms with Crippen molar-refractivity contribution in [2.24, 2.45) is 0 Å². The molecule has 3 aromatic rings. The minimum atomic E-state index is -0.259. The number of carbonyl (C=O) groups is 1. The molecular weight excluding hydrogens is 266 g/mol. The fraction of sp³-hybridized carbons (Fsp3) is 0.250. The number of nitrogens with one attached hydrogen (secondary N) is 1. The summed E-state index contributed by atoms with van der Waals surface area (Å²) >= 11 is 0. The largest absolute Gasteiger partial charge is 0.359 e. The van der Waals surface area contributed by atoms with Crippen molar-refractivity contribution in [3.8, 4) is 0 Å². The Morgan fingerprint density at radius 1 is 1.24 bits per heavy atom. The van der Waals surface area contributed by atoms with Crippen LogP contribution in [-0.2, 0) is 5.41 Å². The molecule has 3 rings (SSSR count). The van der Waals surface area contributed by atoms with E-state index in [1.165, 1.54) is 0 Å². The molecule has 5 heteroatoms. The second-order valence-electron chi connectivity index (χ2n) is 6.00. The molecule has 2 aromatic heterocycles. The fourth-order valence-electron chi connectivity index (χ4n) is 2.12. The summed E-state index contributed by atoms with van der Waals surface area (Å²) in [6, 6.07) is 11.1. The molecular formula is C16H17N3O2. The molecule has 0 aliphatic carbocycles. The lowest BCUT2D eigenvalue weighted by Gasteiger charge is -2.12. The van der Waals surface area contributed by atoms with Gasteiger partial charge in [0.1, 0.15) is 5.76 Å². The van der Waals surface area contributed by atoms with Crippen LogP contribution in [0.25, 0.3) is 10.9 Å². The molecule has 1 N–H and O–H groups in total. The maximum atomic E-state index is 12.3. The molecule has 0 radical (unpaired) electrons. The molecule has 0 saturated carbocycles. The van der Waals surface area contributed by atoms with Gasteiger partial charge in [-0.2, -0.15) is 0 Å². The molecule has 0 fully saturated rings. The van der Waals surface area contributed by atoms with Crippen LogP contribution < -0.4 is 5.32 Å². The van der Waals surface area contributed by atoms with Crippen molar-refractivity contribution in [3.05, 3.63) is 48.4 Å². The number of aromatic nitrogens is 2. The average Bonchev–Trinajstić information content (AvgIpc) is 3.03. The summed E-state index contributed by atoms with van der Waals surface area (Å²) in [5.74, 6) is 1.15. The van der Waals surface area contributed by atoms with Gasteiger partial charge in [0.05, 0.1) is 5.52 Å². The third-order valence-corrected chi connectivity index (χ3v) is 3.30. The van der Waals surface area contributed by atoms with Gasteiger partial charge in [0.2, 0.25) is 0 Å². The number of rotatable bonds is 1. The first kappa shape index (κ1) is 13.4. The van der Waals surface area contributed by atoms with Gasteiger partial charge >= 0.3 is 6.03 Å². The Hall–Kier alpha value is -2.56. The second kappa shape index (κ2) is 4.77. The quantitative estimate of drug-likeness (QED) is 0.734. The molecule has 21 heavy (non-hydrogen) atoms. The molecule has 2 heterocycles. The summed E-state index contributed by atoms with van der Waals surface area (Å²) in [7, 11) is 0. The predicted molar refractivity (Wildman–Crippen MR) is 81.6 cm³/mol. The van der Waals surface area contributed by atoms with Crippen molar-refractivity contribution in [1.82, 2.24) is 9.72 Å². The van der Waals surface area contributed by atoms with Crippen molar-refractivity contribution >= 4 is 22.8 Å². The number of para-hydroxylation sites is 1. The van der Waals surface area contributed by atoms with Crippen LogP contribution in [0.4, 0.5) is 10.6 Å². The van der Waals surface area contributed by atoms with Crippen molar-refractivity contribution < 1.29 is 9.32 Å². The number of nitrogens with zero attached hydrogens (tertiary/aromatic N) is 2. The topological polar surface area (TPSA) is 60.1 Å². The Kier molecular flexibility index (Phi) is 3.05. The van der Waals surface area contributed by atoms with Gasteiger partial charge in [-0.25, -0.2) is 4.79 Å². The molecule has 5 nitrogen and oxygen atoms in total. The summed E-state index contributed by atoms with van der Waals surface area (Å²) in [4.78, 5) is 12.3. The van der Waals surface area contributed by atoms with Crippen molar-refractivity contribution in [2.75, 3.05) is 5.32 Å². The summed E-state index contributed by atoms with van der Waals surface area (Å²) in [5, 5.41) is 7.66. The summed E-state index contributed by atoms with van der Waals surface area (Å²) in [6.45, 7) is 6.08. The Bertz CT molecular complexity index is 793. The minimum Gasteiger partial charge on any atom is -0.359 e. The first-order chi connectivity index (χ1) is 9.95. The lowest BCUT2D eigenvalue weighted by atomic mass is 9.93. The monoisotopic (exact) mass is 283 g/mol. The van der Waals surface area contributed by atoms with Gasteiger partial charge in [-0.15, -0.1) is 0 Å². The number of anilines is 1. The maximum Gasteiger partial charge on any atom is 0.331 e. The van der Waals surface area contributed by atoms with Gasteiger partial charge in [-0.05, 0) is 12.1 Å². The number of benzene rings is 1. The highest BCUT2D eigenvalue weighted by Gasteiger charge is 2.20. The van der Waals surface area contributed by atoms with E-state index in [2.05, 4.69) is 10.5 Å². The SMILES string of the molecule is CC(C)(C)c1cc(NC(=O)n2ccc3ccccc32)no1. The molecule has 0 atom stereocenters. The van der Waals surface area contributed by atoms with E-state index in [0.717, 1.165) is 16.7 Å².